The minimum Gasteiger partial charge on any atom is -0.465 e. The second kappa shape index (κ2) is 7.55. The van der Waals surface area contributed by atoms with Crippen molar-refractivity contribution < 1.29 is 19.4 Å². The zero-order valence-corrected chi connectivity index (χ0v) is 15.9. The fraction of sp³-hybridized carbons (Fsp3) is 0.421. The minimum absolute atomic E-state index is 0.0435. The second-order valence-corrected chi connectivity index (χ2v) is 7.38. The first-order valence-corrected chi connectivity index (χ1v) is 9.43. The number of hydrogen-bond donors (Lipinski definition) is 1. The van der Waals surface area contributed by atoms with Crippen LogP contribution in [-0.2, 0) is 4.74 Å². The summed E-state index contributed by atoms with van der Waals surface area (Å²) < 4.78 is 4.77. The predicted molar refractivity (Wildman–Crippen MR) is 98.3 cm³/mol. The molecule has 0 bridgehead atoms. The van der Waals surface area contributed by atoms with E-state index in [0.717, 1.165) is 23.5 Å². The monoisotopic (exact) mass is 374 g/mol. The quantitative estimate of drug-likeness (QED) is 0.831. The van der Waals surface area contributed by atoms with Gasteiger partial charge in [0.25, 0.3) is 5.91 Å². The van der Waals surface area contributed by atoms with Gasteiger partial charge < -0.3 is 14.7 Å². The number of aryl methyl sites for hydroxylation is 1. The summed E-state index contributed by atoms with van der Waals surface area (Å²) in [6.07, 6.45) is 0.996. The molecule has 6 nitrogen and oxygen atoms in total. The molecule has 7 heteroatoms. The van der Waals surface area contributed by atoms with Crippen molar-refractivity contribution >= 4 is 23.2 Å². The second-order valence-electron chi connectivity index (χ2n) is 6.49. The van der Waals surface area contributed by atoms with E-state index in [1.807, 2.05) is 12.3 Å². The number of aromatic nitrogens is 1. The summed E-state index contributed by atoms with van der Waals surface area (Å²) in [5.74, 6) is -0.692. The highest BCUT2D eigenvalue weighted by molar-refractivity contribution is 7.09. The zero-order chi connectivity index (χ0) is 18.8. The highest BCUT2D eigenvalue weighted by Crippen LogP contribution is 2.35. The van der Waals surface area contributed by atoms with Crippen LogP contribution < -0.4 is 0 Å². The normalized spacial score (nSPS) is 18.0. The number of aliphatic hydroxyl groups is 1. The smallest absolute Gasteiger partial charge is 0.337 e. The number of thiazole rings is 1. The number of rotatable bonds is 4. The van der Waals surface area contributed by atoms with Crippen molar-refractivity contribution in [1.82, 2.24) is 9.88 Å². The number of carbonyl (C=O) groups excluding carboxylic acids is 2. The maximum absolute atomic E-state index is 13.1. The van der Waals surface area contributed by atoms with Crippen molar-refractivity contribution in [2.24, 2.45) is 0 Å². The molecule has 2 atom stereocenters. The Bertz CT molecular complexity index is 831. The Morgan fingerprint density at radius 1 is 1.35 bits per heavy atom. The highest BCUT2D eigenvalue weighted by Gasteiger charge is 2.33. The van der Waals surface area contributed by atoms with Gasteiger partial charge in [-0.1, -0.05) is 0 Å². The molecule has 26 heavy (non-hydrogen) atoms. The summed E-state index contributed by atoms with van der Waals surface area (Å²) in [6, 6.07) is 4.68. The van der Waals surface area contributed by atoms with Crippen LogP contribution in [0.15, 0.2) is 23.6 Å². The fourth-order valence-electron chi connectivity index (χ4n) is 3.21. The van der Waals surface area contributed by atoms with Crippen LogP contribution in [-0.4, -0.2) is 40.5 Å². The van der Waals surface area contributed by atoms with Crippen LogP contribution >= 0.6 is 11.3 Å². The highest BCUT2D eigenvalue weighted by atomic mass is 32.1. The molecule has 1 aliphatic heterocycles. The van der Waals surface area contributed by atoms with Gasteiger partial charge in [-0.05, 0) is 50.5 Å². The Kier molecular flexibility index (Phi) is 5.38. The Morgan fingerprint density at radius 2 is 2.08 bits per heavy atom. The van der Waals surface area contributed by atoms with E-state index in [2.05, 4.69) is 4.98 Å². The summed E-state index contributed by atoms with van der Waals surface area (Å²) in [4.78, 5) is 31.4. The van der Waals surface area contributed by atoms with E-state index >= 15 is 0 Å². The maximum atomic E-state index is 13.1. The zero-order valence-electron chi connectivity index (χ0n) is 15.1. The van der Waals surface area contributed by atoms with E-state index in [4.69, 9.17) is 4.74 Å². The SMILES string of the molecule is COC(=O)c1cc(C(=O)N2CCCC2c2nc(C)cs2)cc(C(C)O)c1. The number of nitrogens with zero attached hydrogens (tertiary/aromatic N) is 2. The lowest BCUT2D eigenvalue weighted by Gasteiger charge is -2.24. The molecule has 0 spiro atoms. The maximum Gasteiger partial charge on any atom is 0.337 e. The largest absolute Gasteiger partial charge is 0.465 e. The number of carbonyl (C=O) groups is 2. The third kappa shape index (κ3) is 3.64. The average molecular weight is 374 g/mol. The Balaban J connectivity index is 1.95. The van der Waals surface area contributed by atoms with Gasteiger partial charge in [0.2, 0.25) is 0 Å². The van der Waals surface area contributed by atoms with E-state index in [-0.39, 0.29) is 17.5 Å². The van der Waals surface area contributed by atoms with Crippen LogP contribution in [0.25, 0.3) is 0 Å². The molecule has 0 radical (unpaired) electrons. The number of likely N-dealkylation sites (tertiary alicyclic amines) is 1. The number of ether oxygens (including phenoxy) is 1. The van der Waals surface area contributed by atoms with E-state index in [0.29, 0.717) is 17.7 Å². The van der Waals surface area contributed by atoms with E-state index < -0.39 is 12.1 Å². The average Bonchev–Trinajstić information content (AvgIpc) is 3.28. The third-order valence-corrected chi connectivity index (χ3v) is 5.61. The van der Waals surface area contributed by atoms with Crippen molar-refractivity contribution in [3.63, 3.8) is 0 Å². The summed E-state index contributed by atoms with van der Waals surface area (Å²) in [6.45, 7) is 4.19. The first-order valence-electron chi connectivity index (χ1n) is 8.55. The van der Waals surface area contributed by atoms with Gasteiger partial charge in [-0.3, -0.25) is 4.79 Å². The van der Waals surface area contributed by atoms with Gasteiger partial charge in [0.15, 0.2) is 0 Å². The number of esters is 1. The number of amides is 1. The lowest BCUT2D eigenvalue weighted by molar-refractivity contribution is 0.0600. The molecular weight excluding hydrogens is 352 g/mol. The van der Waals surface area contributed by atoms with Gasteiger partial charge in [0.05, 0.1) is 24.8 Å². The number of benzene rings is 1. The molecule has 1 fully saturated rings. The van der Waals surface area contributed by atoms with Crippen LogP contribution in [0.2, 0.25) is 0 Å². The topological polar surface area (TPSA) is 79.7 Å². The van der Waals surface area contributed by atoms with Gasteiger partial charge in [-0.2, -0.15) is 0 Å². The predicted octanol–water partition coefficient (Wildman–Crippen LogP) is 3.27. The summed E-state index contributed by atoms with van der Waals surface area (Å²) >= 11 is 1.56. The van der Waals surface area contributed by atoms with Crippen LogP contribution in [0.5, 0.6) is 0 Å². The molecule has 0 aliphatic carbocycles. The van der Waals surface area contributed by atoms with Crippen LogP contribution in [0.4, 0.5) is 0 Å². The van der Waals surface area contributed by atoms with Crippen molar-refractivity contribution in [3.8, 4) is 0 Å². The molecule has 2 heterocycles. The molecule has 138 valence electrons. The molecule has 1 aliphatic rings. The molecular formula is C19H22N2O4S. The number of aliphatic hydroxyl groups excluding tert-OH is 1. The summed E-state index contributed by atoms with van der Waals surface area (Å²) in [7, 11) is 1.29. The van der Waals surface area contributed by atoms with E-state index in [9.17, 15) is 14.7 Å². The van der Waals surface area contributed by atoms with Gasteiger partial charge >= 0.3 is 5.97 Å². The van der Waals surface area contributed by atoms with Crippen molar-refractivity contribution in [2.45, 2.75) is 38.8 Å². The molecule has 1 saturated heterocycles. The van der Waals surface area contributed by atoms with Gasteiger partial charge in [-0.15, -0.1) is 11.3 Å². The first kappa shape index (κ1) is 18.5. The van der Waals surface area contributed by atoms with Gasteiger partial charge in [0.1, 0.15) is 5.01 Å². The Labute approximate surface area is 156 Å². The fourth-order valence-corrected chi connectivity index (χ4v) is 4.15. The minimum atomic E-state index is -0.790. The van der Waals surface area contributed by atoms with Crippen molar-refractivity contribution in [3.05, 3.63) is 51.0 Å². The van der Waals surface area contributed by atoms with Crippen LogP contribution in [0.1, 0.15) is 68.9 Å². The lowest BCUT2D eigenvalue weighted by Crippen LogP contribution is -2.30. The van der Waals surface area contributed by atoms with Crippen LogP contribution in [0.3, 0.4) is 0 Å². The number of methoxy groups -OCH3 is 1. The molecule has 1 aromatic heterocycles. The van der Waals surface area contributed by atoms with Gasteiger partial charge in [-0.25, -0.2) is 9.78 Å². The van der Waals surface area contributed by atoms with E-state index in [1.54, 1.807) is 35.3 Å². The molecule has 1 aromatic carbocycles. The standard InChI is InChI=1S/C19H22N2O4S/c1-11-10-26-17(20-11)16-5-4-6-21(16)18(23)14-7-13(12(2)22)8-15(9-14)19(24)25-3/h7-10,12,16,22H,4-6H2,1-3H3. The third-order valence-electron chi connectivity index (χ3n) is 4.54. The van der Waals surface area contributed by atoms with Crippen LogP contribution in [0, 0.1) is 6.92 Å². The molecule has 2 unspecified atom stereocenters. The van der Waals surface area contributed by atoms with Crippen molar-refractivity contribution in [1.29, 1.82) is 0 Å². The summed E-state index contributed by atoms with van der Waals surface area (Å²) in [5.41, 5.74) is 2.10. The molecule has 1 amide bonds. The molecule has 1 N–H and O–H groups in total. The Hall–Kier alpha value is -2.25. The first-order chi connectivity index (χ1) is 12.4. The van der Waals surface area contributed by atoms with E-state index in [1.165, 1.54) is 13.2 Å². The summed E-state index contributed by atoms with van der Waals surface area (Å²) in [5, 5.41) is 12.8. The van der Waals surface area contributed by atoms with Crippen molar-refractivity contribution in [2.75, 3.05) is 13.7 Å². The molecule has 2 aromatic rings. The Morgan fingerprint density at radius 3 is 2.69 bits per heavy atom. The van der Waals surface area contributed by atoms with Gasteiger partial charge in [0, 0.05) is 23.2 Å². The lowest BCUT2D eigenvalue weighted by atomic mass is 10.0. The molecule has 0 saturated carbocycles. The molecule has 3 rings (SSSR count). The number of hydrogen-bond acceptors (Lipinski definition) is 6.